The third-order valence-corrected chi connectivity index (χ3v) is 3.54. The number of hydrogen-bond acceptors (Lipinski definition) is 5. The van der Waals surface area contributed by atoms with Crippen LogP contribution in [0, 0.1) is 5.41 Å². The van der Waals surface area contributed by atoms with Crippen LogP contribution in [0.3, 0.4) is 0 Å². The third-order valence-electron chi connectivity index (χ3n) is 2.13. The van der Waals surface area contributed by atoms with Gasteiger partial charge in [0.05, 0.1) is 12.4 Å². The van der Waals surface area contributed by atoms with E-state index < -0.39 is 10.0 Å². The van der Waals surface area contributed by atoms with Gasteiger partial charge in [-0.15, -0.1) is 0 Å². The third kappa shape index (κ3) is 4.66. The number of hydrogen-bond donors (Lipinski definition) is 2. The summed E-state index contributed by atoms with van der Waals surface area (Å²) >= 11 is 0. The van der Waals surface area contributed by atoms with Crippen molar-refractivity contribution in [1.82, 2.24) is 14.7 Å². The molecule has 0 amide bonds. The van der Waals surface area contributed by atoms with Crippen molar-refractivity contribution in [3.63, 3.8) is 0 Å². The monoisotopic (exact) mass is 258 g/mol. The molecular formula is C10H18N4O2S. The molecule has 0 aliphatic rings. The van der Waals surface area contributed by atoms with Crippen LogP contribution >= 0.6 is 0 Å². The number of sulfonamides is 1. The molecule has 0 atom stereocenters. The summed E-state index contributed by atoms with van der Waals surface area (Å²) in [4.78, 5) is 7.33. The molecule has 0 fully saturated rings. The first kappa shape index (κ1) is 13.9. The second-order valence-electron chi connectivity index (χ2n) is 4.99. The summed E-state index contributed by atoms with van der Waals surface area (Å²) in [6.07, 6.45) is 3.14. The summed E-state index contributed by atoms with van der Waals surface area (Å²) in [5.74, 6) is 0.0543. The molecular weight excluding hydrogens is 240 g/mol. The van der Waals surface area contributed by atoms with Crippen molar-refractivity contribution in [2.75, 3.05) is 12.3 Å². The van der Waals surface area contributed by atoms with Crippen LogP contribution in [0.25, 0.3) is 0 Å². The van der Waals surface area contributed by atoms with E-state index in [1.165, 1.54) is 12.4 Å². The fourth-order valence-electron chi connectivity index (χ4n) is 1.11. The van der Waals surface area contributed by atoms with E-state index in [9.17, 15) is 8.42 Å². The fourth-order valence-corrected chi connectivity index (χ4v) is 2.03. The average Bonchev–Trinajstić information content (AvgIpc) is 2.15. The largest absolute Gasteiger partial charge is 0.368 e. The molecule has 1 aromatic heterocycles. The van der Waals surface area contributed by atoms with Gasteiger partial charge in [0, 0.05) is 6.54 Å². The van der Waals surface area contributed by atoms with Gasteiger partial charge in [0.25, 0.3) is 0 Å². The van der Waals surface area contributed by atoms with E-state index in [1.807, 2.05) is 20.8 Å². The molecule has 0 aliphatic heterocycles. The van der Waals surface area contributed by atoms with E-state index in [1.54, 1.807) is 0 Å². The Morgan fingerprint density at radius 2 is 1.82 bits per heavy atom. The molecule has 7 heteroatoms. The zero-order valence-corrected chi connectivity index (χ0v) is 11.1. The molecule has 96 valence electrons. The SMILES string of the molecule is CC(C)(C)CCNS(=O)(=O)c1cnc(N)nc1. The van der Waals surface area contributed by atoms with Crippen LogP contribution in [-0.2, 0) is 10.0 Å². The Kier molecular flexibility index (Phi) is 4.05. The van der Waals surface area contributed by atoms with Gasteiger partial charge in [-0.25, -0.2) is 23.1 Å². The van der Waals surface area contributed by atoms with Crippen LogP contribution in [0.5, 0.6) is 0 Å². The lowest BCUT2D eigenvalue weighted by Crippen LogP contribution is -2.27. The molecule has 0 bridgehead atoms. The molecule has 1 heterocycles. The van der Waals surface area contributed by atoms with Crippen LogP contribution in [0.2, 0.25) is 0 Å². The lowest BCUT2D eigenvalue weighted by atomic mass is 9.93. The van der Waals surface area contributed by atoms with Crippen LogP contribution in [-0.4, -0.2) is 24.9 Å². The van der Waals surface area contributed by atoms with Gasteiger partial charge >= 0.3 is 0 Å². The Bertz CT molecular complexity index is 462. The fraction of sp³-hybridized carbons (Fsp3) is 0.600. The minimum Gasteiger partial charge on any atom is -0.368 e. The lowest BCUT2D eigenvalue weighted by molar-refractivity contribution is 0.378. The molecule has 0 saturated heterocycles. The Morgan fingerprint density at radius 1 is 1.29 bits per heavy atom. The summed E-state index contributed by atoms with van der Waals surface area (Å²) in [5.41, 5.74) is 5.37. The summed E-state index contributed by atoms with van der Waals surface area (Å²) in [5, 5.41) is 0. The molecule has 1 aromatic rings. The summed E-state index contributed by atoms with van der Waals surface area (Å²) in [6, 6.07) is 0. The second-order valence-corrected chi connectivity index (χ2v) is 6.75. The minimum absolute atomic E-state index is 0.0283. The van der Waals surface area contributed by atoms with Crippen LogP contribution in [0.15, 0.2) is 17.3 Å². The van der Waals surface area contributed by atoms with Crippen molar-refractivity contribution in [2.45, 2.75) is 32.1 Å². The molecule has 0 saturated carbocycles. The van der Waals surface area contributed by atoms with Crippen molar-refractivity contribution in [3.8, 4) is 0 Å². The van der Waals surface area contributed by atoms with E-state index >= 15 is 0 Å². The van der Waals surface area contributed by atoms with E-state index in [0.717, 1.165) is 6.42 Å². The highest BCUT2D eigenvalue weighted by atomic mass is 32.2. The highest BCUT2D eigenvalue weighted by Crippen LogP contribution is 2.17. The number of nitrogen functional groups attached to an aromatic ring is 1. The van der Waals surface area contributed by atoms with Crippen molar-refractivity contribution in [3.05, 3.63) is 12.4 Å². The molecule has 1 rings (SSSR count). The van der Waals surface area contributed by atoms with Crippen LogP contribution < -0.4 is 10.5 Å². The standard InChI is InChI=1S/C10H18N4O2S/c1-10(2,3)4-5-14-17(15,16)8-6-12-9(11)13-7-8/h6-7,14H,4-5H2,1-3H3,(H2,11,12,13). The van der Waals surface area contributed by atoms with Gasteiger partial charge < -0.3 is 5.73 Å². The number of anilines is 1. The van der Waals surface area contributed by atoms with Gasteiger partial charge in [-0.05, 0) is 11.8 Å². The molecule has 0 aliphatic carbocycles. The first-order chi connectivity index (χ1) is 7.71. The van der Waals surface area contributed by atoms with E-state index in [-0.39, 0.29) is 16.3 Å². The predicted octanol–water partition coefficient (Wildman–Crippen LogP) is 0.773. The molecule has 0 spiro atoms. The molecule has 3 N–H and O–H groups in total. The number of aromatic nitrogens is 2. The van der Waals surface area contributed by atoms with E-state index in [4.69, 9.17) is 5.73 Å². The van der Waals surface area contributed by atoms with Gasteiger partial charge in [0.1, 0.15) is 4.90 Å². The highest BCUT2D eigenvalue weighted by Gasteiger charge is 2.16. The van der Waals surface area contributed by atoms with Crippen LogP contribution in [0.1, 0.15) is 27.2 Å². The maximum atomic E-state index is 11.8. The maximum Gasteiger partial charge on any atom is 0.243 e. The second kappa shape index (κ2) is 4.97. The first-order valence-electron chi connectivity index (χ1n) is 5.28. The van der Waals surface area contributed by atoms with Gasteiger partial charge in [0.2, 0.25) is 16.0 Å². The van der Waals surface area contributed by atoms with Crippen molar-refractivity contribution in [2.24, 2.45) is 5.41 Å². The average molecular weight is 258 g/mol. The molecule has 6 nitrogen and oxygen atoms in total. The first-order valence-corrected chi connectivity index (χ1v) is 6.76. The van der Waals surface area contributed by atoms with Gasteiger partial charge in [-0.3, -0.25) is 0 Å². The summed E-state index contributed by atoms with van der Waals surface area (Å²) in [7, 11) is -3.53. The normalized spacial score (nSPS) is 12.6. The quantitative estimate of drug-likeness (QED) is 0.831. The smallest absolute Gasteiger partial charge is 0.243 e. The Hall–Kier alpha value is -1.21. The summed E-state index contributed by atoms with van der Waals surface area (Å²) in [6.45, 7) is 6.53. The topological polar surface area (TPSA) is 98.0 Å². The molecule has 0 unspecified atom stereocenters. The Balaban J connectivity index is 2.66. The van der Waals surface area contributed by atoms with E-state index in [0.29, 0.717) is 6.54 Å². The van der Waals surface area contributed by atoms with E-state index in [2.05, 4.69) is 14.7 Å². The zero-order chi connectivity index (χ0) is 13.1. The molecule has 0 radical (unpaired) electrons. The minimum atomic E-state index is -3.53. The van der Waals surface area contributed by atoms with Crippen LogP contribution in [0.4, 0.5) is 5.95 Å². The van der Waals surface area contributed by atoms with Crippen molar-refractivity contribution >= 4 is 16.0 Å². The van der Waals surface area contributed by atoms with Gasteiger partial charge in [0.15, 0.2) is 0 Å². The van der Waals surface area contributed by atoms with Crippen molar-refractivity contribution < 1.29 is 8.42 Å². The summed E-state index contributed by atoms with van der Waals surface area (Å²) < 4.78 is 26.1. The predicted molar refractivity (Wildman–Crippen MR) is 65.7 cm³/mol. The van der Waals surface area contributed by atoms with Gasteiger partial charge in [-0.2, -0.15) is 0 Å². The Labute approximate surface area is 102 Å². The molecule has 17 heavy (non-hydrogen) atoms. The number of rotatable bonds is 4. The molecule has 0 aromatic carbocycles. The van der Waals surface area contributed by atoms with Crippen molar-refractivity contribution in [1.29, 1.82) is 0 Å². The number of nitrogens with two attached hydrogens (primary N) is 1. The highest BCUT2D eigenvalue weighted by molar-refractivity contribution is 7.89. The van der Waals surface area contributed by atoms with Gasteiger partial charge in [-0.1, -0.05) is 20.8 Å². The number of nitrogens with one attached hydrogen (secondary N) is 1. The zero-order valence-electron chi connectivity index (χ0n) is 10.3. The Morgan fingerprint density at radius 3 is 2.29 bits per heavy atom. The number of nitrogens with zero attached hydrogens (tertiary/aromatic N) is 2. The maximum absolute atomic E-state index is 11.8. The lowest BCUT2D eigenvalue weighted by Gasteiger charge is -2.17.